The molecule has 5 heteroatoms. The Labute approximate surface area is 119 Å². The molecule has 0 aliphatic carbocycles. The minimum absolute atomic E-state index is 0.110. The first-order valence-electron chi connectivity index (χ1n) is 7.16. The molecule has 5 nitrogen and oxygen atoms in total. The summed E-state index contributed by atoms with van der Waals surface area (Å²) in [5.41, 5.74) is 2.05. The van der Waals surface area contributed by atoms with Gasteiger partial charge in [0.15, 0.2) is 0 Å². The van der Waals surface area contributed by atoms with Crippen molar-refractivity contribution >= 4 is 17.3 Å². The van der Waals surface area contributed by atoms with E-state index in [1.54, 1.807) is 0 Å². The van der Waals surface area contributed by atoms with Gasteiger partial charge in [0, 0.05) is 13.1 Å². The van der Waals surface area contributed by atoms with Crippen LogP contribution in [0.4, 0.5) is 11.4 Å². The number of anilines is 2. The maximum absolute atomic E-state index is 12.7. The predicted octanol–water partition coefficient (Wildman–Crippen LogP) is 1.53. The number of carbonyl (C=O) groups excluding carboxylic acids is 1. The Kier molecular flexibility index (Phi) is 3.53. The molecule has 1 fully saturated rings. The van der Waals surface area contributed by atoms with Crippen molar-refractivity contribution in [1.29, 1.82) is 0 Å². The molecule has 0 bridgehead atoms. The molecule has 20 heavy (non-hydrogen) atoms. The minimum atomic E-state index is -0.211. The molecule has 2 aliphatic rings. The Morgan fingerprint density at radius 1 is 1.30 bits per heavy atom. The van der Waals surface area contributed by atoms with E-state index in [1.165, 1.54) is 0 Å². The molecule has 0 spiro atoms. The largest absolute Gasteiger partial charge is 0.381 e. The first kappa shape index (κ1) is 13.2. The van der Waals surface area contributed by atoms with Gasteiger partial charge in [0.25, 0.3) is 0 Å². The van der Waals surface area contributed by atoms with Gasteiger partial charge in [0.05, 0.1) is 30.1 Å². The van der Waals surface area contributed by atoms with Crippen molar-refractivity contribution in [2.45, 2.75) is 32.0 Å². The fourth-order valence-corrected chi connectivity index (χ4v) is 2.77. The van der Waals surface area contributed by atoms with Crippen LogP contribution in [-0.4, -0.2) is 48.7 Å². The molecule has 3 unspecified atom stereocenters. The second kappa shape index (κ2) is 5.32. The molecule has 0 aromatic heterocycles. The fraction of sp³-hybridized carbons (Fsp3) is 0.533. The lowest BCUT2D eigenvalue weighted by Crippen LogP contribution is -2.56. The van der Waals surface area contributed by atoms with Gasteiger partial charge in [-0.1, -0.05) is 12.1 Å². The second-order valence-electron chi connectivity index (χ2n) is 5.61. The van der Waals surface area contributed by atoms with Gasteiger partial charge in [0.2, 0.25) is 5.91 Å². The Bertz CT molecular complexity index is 506. The number of para-hydroxylation sites is 2. The maximum Gasteiger partial charge on any atom is 0.247 e. The number of hydrogen-bond donors (Lipinski definition) is 2. The van der Waals surface area contributed by atoms with Crippen LogP contribution in [-0.2, 0) is 9.53 Å². The monoisotopic (exact) mass is 275 g/mol. The van der Waals surface area contributed by atoms with Crippen LogP contribution in [0.3, 0.4) is 0 Å². The highest BCUT2D eigenvalue weighted by molar-refractivity contribution is 5.89. The van der Waals surface area contributed by atoms with Gasteiger partial charge < -0.3 is 20.3 Å². The van der Waals surface area contributed by atoms with Gasteiger partial charge in [-0.2, -0.15) is 0 Å². The van der Waals surface area contributed by atoms with Gasteiger partial charge in [0.1, 0.15) is 6.04 Å². The summed E-state index contributed by atoms with van der Waals surface area (Å²) in [5.74, 6) is 0.148. The van der Waals surface area contributed by atoms with Crippen molar-refractivity contribution in [3.8, 4) is 0 Å². The van der Waals surface area contributed by atoms with E-state index in [9.17, 15) is 4.79 Å². The van der Waals surface area contributed by atoms with E-state index in [4.69, 9.17) is 4.74 Å². The molecule has 0 saturated carbocycles. The number of nitrogens with zero attached hydrogens (tertiary/aromatic N) is 1. The zero-order chi connectivity index (χ0) is 14.1. The van der Waals surface area contributed by atoms with Crippen molar-refractivity contribution in [3.05, 3.63) is 24.3 Å². The van der Waals surface area contributed by atoms with Crippen LogP contribution in [0.15, 0.2) is 24.3 Å². The van der Waals surface area contributed by atoms with Gasteiger partial charge in [-0.05, 0) is 26.0 Å². The molecule has 0 radical (unpaired) electrons. The first-order chi connectivity index (χ1) is 9.65. The molecule has 108 valence electrons. The van der Waals surface area contributed by atoms with Crippen LogP contribution in [0.2, 0.25) is 0 Å². The van der Waals surface area contributed by atoms with Crippen molar-refractivity contribution in [1.82, 2.24) is 4.90 Å². The number of carbonyl (C=O) groups is 1. The van der Waals surface area contributed by atoms with Crippen LogP contribution in [0.1, 0.15) is 13.8 Å². The van der Waals surface area contributed by atoms with Gasteiger partial charge >= 0.3 is 0 Å². The smallest absolute Gasteiger partial charge is 0.247 e. The summed E-state index contributed by atoms with van der Waals surface area (Å²) in [6.45, 7) is 5.94. The van der Waals surface area contributed by atoms with E-state index in [-0.39, 0.29) is 24.1 Å². The number of ether oxygens (including phenoxy) is 1. The molecule has 2 heterocycles. The molecular weight excluding hydrogens is 254 g/mol. The third-order valence-electron chi connectivity index (χ3n) is 3.94. The molecule has 1 aromatic carbocycles. The summed E-state index contributed by atoms with van der Waals surface area (Å²) in [6.07, 6.45) is 0.110. The average Bonchev–Trinajstić information content (AvgIpc) is 2.48. The highest BCUT2D eigenvalue weighted by atomic mass is 16.5. The van der Waals surface area contributed by atoms with E-state index in [1.807, 2.05) is 43.0 Å². The van der Waals surface area contributed by atoms with Crippen LogP contribution in [0, 0.1) is 0 Å². The van der Waals surface area contributed by atoms with Crippen LogP contribution in [0.5, 0.6) is 0 Å². The minimum Gasteiger partial charge on any atom is -0.381 e. The van der Waals surface area contributed by atoms with E-state index >= 15 is 0 Å². The number of fused-ring (bicyclic) bond motifs is 1. The predicted molar refractivity (Wildman–Crippen MR) is 78.9 cm³/mol. The van der Waals surface area contributed by atoms with Gasteiger partial charge in [-0.3, -0.25) is 4.79 Å². The van der Waals surface area contributed by atoms with Crippen molar-refractivity contribution in [3.63, 3.8) is 0 Å². The average molecular weight is 275 g/mol. The zero-order valence-electron chi connectivity index (χ0n) is 11.9. The fourth-order valence-electron chi connectivity index (χ4n) is 2.77. The third kappa shape index (κ3) is 2.45. The highest BCUT2D eigenvalue weighted by Gasteiger charge is 2.33. The van der Waals surface area contributed by atoms with Crippen LogP contribution >= 0.6 is 0 Å². The number of amides is 1. The van der Waals surface area contributed by atoms with E-state index in [2.05, 4.69) is 10.6 Å². The summed E-state index contributed by atoms with van der Waals surface area (Å²) in [5, 5.41) is 6.65. The molecule has 3 rings (SSSR count). The Morgan fingerprint density at radius 3 is 2.85 bits per heavy atom. The topological polar surface area (TPSA) is 53.6 Å². The van der Waals surface area contributed by atoms with Crippen LogP contribution < -0.4 is 10.6 Å². The molecular formula is C15H21N3O2. The Balaban J connectivity index is 1.72. The number of morpholine rings is 1. The van der Waals surface area contributed by atoms with E-state index in [0.29, 0.717) is 19.7 Å². The second-order valence-corrected chi connectivity index (χ2v) is 5.61. The summed E-state index contributed by atoms with van der Waals surface area (Å²) in [4.78, 5) is 14.6. The van der Waals surface area contributed by atoms with E-state index < -0.39 is 0 Å². The molecule has 2 aliphatic heterocycles. The zero-order valence-corrected chi connectivity index (χ0v) is 11.9. The van der Waals surface area contributed by atoms with Crippen molar-refractivity contribution in [2.24, 2.45) is 0 Å². The van der Waals surface area contributed by atoms with E-state index in [0.717, 1.165) is 11.4 Å². The lowest BCUT2D eigenvalue weighted by atomic mass is 10.1. The Morgan fingerprint density at radius 2 is 2.05 bits per heavy atom. The molecule has 2 N–H and O–H groups in total. The Hall–Kier alpha value is -1.75. The SMILES string of the molecule is CC1CN(C(=O)C2CNc3ccccc3N2)C(C)CO1. The van der Waals surface area contributed by atoms with Crippen molar-refractivity contribution < 1.29 is 9.53 Å². The molecule has 1 saturated heterocycles. The summed E-state index contributed by atoms with van der Waals surface area (Å²) in [7, 11) is 0. The number of nitrogens with one attached hydrogen (secondary N) is 2. The summed E-state index contributed by atoms with van der Waals surface area (Å²) in [6, 6.07) is 7.90. The highest BCUT2D eigenvalue weighted by Crippen LogP contribution is 2.26. The lowest BCUT2D eigenvalue weighted by Gasteiger charge is -2.40. The third-order valence-corrected chi connectivity index (χ3v) is 3.94. The summed E-state index contributed by atoms with van der Waals surface area (Å²) >= 11 is 0. The normalized spacial score (nSPS) is 29.1. The van der Waals surface area contributed by atoms with Gasteiger partial charge in [-0.15, -0.1) is 0 Å². The first-order valence-corrected chi connectivity index (χ1v) is 7.16. The lowest BCUT2D eigenvalue weighted by molar-refractivity contribution is -0.143. The summed E-state index contributed by atoms with van der Waals surface area (Å²) < 4.78 is 5.58. The van der Waals surface area contributed by atoms with Gasteiger partial charge in [-0.25, -0.2) is 0 Å². The number of benzene rings is 1. The molecule has 3 atom stereocenters. The quantitative estimate of drug-likeness (QED) is 0.816. The molecule has 1 amide bonds. The standard InChI is InChI=1S/C15H21N3O2/c1-10-9-20-11(2)8-18(10)15(19)14-7-16-12-5-3-4-6-13(12)17-14/h3-6,10-11,14,16-17H,7-9H2,1-2H3. The van der Waals surface area contributed by atoms with Crippen LogP contribution in [0.25, 0.3) is 0 Å². The molecule has 1 aromatic rings. The van der Waals surface area contributed by atoms with Crippen molar-refractivity contribution in [2.75, 3.05) is 30.3 Å². The maximum atomic E-state index is 12.7. The number of hydrogen-bond acceptors (Lipinski definition) is 4. The number of rotatable bonds is 1.